The van der Waals surface area contributed by atoms with Crippen LogP contribution >= 0.6 is 0 Å². The predicted octanol–water partition coefficient (Wildman–Crippen LogP) is 2.67. The first-order valence-corrected chi connectivity index (χ1v) is 9.21. The first kappa shape index (κ1) is 18.8. The Balaban J connectivity index is 1.44. The maximum atomic E-state index is 13.4. The number of benzene rings is 2. The van der Waals surface area contributed by atoms with Crippen molar-refractivity contribution < 1.29 is 18.4 Å². The molecule has 0 unspecified atom stereocenters. The molecule has 1 aromatic heterocycles. The van der Waals surface area contributed by atoms with Crippen molar-refractivity contribution in [1.29, 1.82) is 0 Å². The van der Waals surface area contributed by atoms with Gasteiger partial charge in [0, 0.05) is 37.7 Å². The molecule has 3 aromatic rings. The molecule has 1 aliphatic rings. The second-order valence-electron chi connectivity index (χ2n) is 6.88. The lowest BCUT2D eigenvalue weighted by Crippen LogP contribution is -2.51. The molecule has 1 aliphatic heterocycles. The molecule has 1 saturated heterocycles. The molecule has 0 atom stereocenters. The molecular weight excluding hydrogens is 375 g/mol. The molecule has 2 aromatic carbocycles. The van der Waals surface area contributed by atoms with Crippen molar-refractivity contribution in [2.75, 3.05) is 19.6 Å². The van der Waals surface area contributed by atoms with E-state index in [9.17, 15) is 14.0 Å². The maximum Gasteiger partial charge on any atom is 0.254 e. The Morgan fingerprint density at radius 1 is 1.14 bits per heavy atom. The van der Waals surface area contributed by atoms with Crippen molar-refractivity contribution in [3.05, 3.63) is 71.4 Å². The van der Waals surface area contributed by atoms with Crippen molar-refractivity contribution in [3.8, 4) is 11.5 Å². The molecule has 1 fully saturated rings. The number of piperazine rings is 1. The first-order chi connectivity index (χ1) is 14.0. The Morgan fingerprint density at radius 3 is 2.69 bits per heavy atom. The number of halogens is 1. The van der Waals surface area contributed by atoms with Crippen LogP contribution in [0.5, 0.6) is 0 Å². The molecule has 2 amide bonds. The zero-order valence-electron chi connectivity index (χ0n) is 15.8. The third-order valence-corrected chi connectivity index (χ3v) is 4.75. The van der Waals surface area contributed by atoms with E-state index in [0.717, 1.165) is 5.56 Å². The molecule has 0 aliphatic carbocycles. The minimum Gasteiger partial charge on any atom is -0.421 e. The number of nitrogens with zero attached hydrogens (tertiary/aromatic N) is 4. The highest BCUT2D eigenvalue weighted by molar-refractivity contribution is 5.97. The molecule has 4 rings (SSSR count). The van der Waals surface area contributed by atoms with Crippen LogP contribution < -0.4 is 0 Å². The second-order valence-corrected chi connectivity index (χ2v) is 6.88. The smallest absolute Gasteiger partial charge is 0.254 e. The Morgan fingerprint density at radius 2 is 1.97 bits per heavy atom. The van der Waals surface area contributed by atoms with E-state index in [1.807, 2.05) is 0 Å². The molecule has 0 spiro atoms. The largest absolute Gasteiger partial charge is 0.421 e. The first-order valence-electron chi connectivity index (χ1n) is 9.21. The number of aromatic nitrogens is 2. The molecule has 7 nitrogen and oxygen atoms in total. The van der Waals surface area contributed by atoms with Crippen LogP contribution in [0.2, 0.25) is 0 Å². The highest BCUT2D eigenvalue weighted by Crippen LogP contribution is 2.20. The fourth-order valence-electron chi connectivity index (χ4n) is 3.29. The zero-order valence-corrected chi connectivity index (χ0v) is 15.8. The van der Waals surface area contributed by atoms with Crippen molar-refractivity contribution in [2.24, 2.45) is 0 Å². The van der Waals surface area contributed by atoms with Gasteiger partial charge in [-0.15, -0.1) is 10.2 Å². The van der Waals surface area contributed by atoms with Gasteiger partial charge in [-0.05, 0) is 35.9 Å². The number of carbonyl (C=O) groups excluding carboxylic acids is 2. The molecular formula is C21H19FN4O3. The number of rotatable bonds is 4. The fourth-order valence-corrected chi connectivity index (χ4v) is 3.29. The zero-order chi connectivity index (χ0) is 20.4. The van der Waals surface area contributed by atoms with Gasteiger partial charge in [-0.25, -0.2) is 4.39 Å². The molecule has 8 heteroatoms. The number of amides is 2. The molecule has 0 bridgehead atoms. The number of hydrogen-bond donors (Lipinski definition) is 0. The molecule has 2 heterocycles. The average Bonchev–Trinajstić information content (AvgIpc) is 3.15. The van der Waals surface area contributed by atoms with Crippen LogP contribution in [0.15, 0.2) is 52.9 Å². The molecule has 0 saturated carbocycles. The lowest BCUT2D eigenvalue weighted by atomic mass is 10.1. The summed E-state index contributed by atoms with van der Waals surface area (Å²) >= 11 is 0. The summed E-state index contributed by atoms with van der Waals surface area (Å²) in [5, 5.41) is 7.77. The van der Waals surface area contributed by atoms with Gasteiger partial charge in [0.25, 0.3) is 5.91 Å². The van der Waals surface area contributed by atoms with Gasteiger partial charge in [0.15, 0.2) is 0 Å². The lowest BCUT2D eigenvalue weighted by molar-refractivity contribution is -0.135. The summed E-state index contributed by atoms with van der Waals surface area (Å²) in [5.41, 5.74) is 1.82. The predicted molar refractivity (Wildman–Crippen MR) is 102 cm³/mol. The number of carbonyl (C=O) groups is 2. The summed E-state index contributed by atoms with van der Waals surface area (Å²) < 4.78 is 18.8. The maximum absolute atomic E-state index is 13.4. The Hall–Kier alpha value is -3.55. The minimum absolute atomic E-state index is 0.0158. The molecule has 0 radical (unpaired) electrons. The van der Waals surface area contributed by atoms with Crippen LogP contribution in [0.4, 0.5) is 4.39 Å². The van der Waals surface area contributed by atoms with Gasteiger partial charge in [0.1, 0.15) is 12.4 Å². The third-order valence-electron chi connectivity index (χ3n) is 4.75. The van der Waals surface area contributed by atoms with Crippen LogP contribution in [0.1, 0.15) is 21.8 Å². The summed E-state index contributed by atoms with van der Waals surface area (Å²) in [7, 11) is 0. The van der Waals surface area contributed by atoms with Crippen LogP contribution in [0.3, 0.4) is 0 Å². The van der Waals surface area contributed by atoms with Gasteiger partial charge >= 0.3 is 0 Å². The summed E-state index contributed by atoms with van der Waals surface area (Å²) in [6.07, 6.45) is 0. The van der Waals surface area contributed by atoms with Gasteiger partial charge in [0.05, 0.1) is 0 Å². The third kappa shape index (κ3) is 4.16. The van der Waals surface area contributed by atoms with E-state index in [1.165, 1.54) is 17.0 Å². The molecule has 0 N–H and O–H groups in total. The van der Waals surface area contributed by atoms with Crippen LogP contribution in [-0.4, -0.2) is 51.4 Å². The van der Waals surface area contributed by atoms with E-state index in [0.29, 0.717) is 42.5 Å². The van der Waals surface area contributed by atoms with E-state index < -0.39 is 0 Å². The van der Waals surface area contributed by atoms with E-state index in [2.05, 4.69) is 10.2 Å². The van der Waals surface area contributed by atoms with E-state index in [1.54, 1.807) is 48.2 Å². The number of aryl methyl sites for hydroxylation is 1. The topological polar surface area (TPSA) is 79.5 Å². The van der Waals surface area contributed by atoms with Gasteiger partial charge < -0.3 is 14.2 Å². The average molecular weight is 394 g/mol. The summed E-state index contributed by atoms with van der Waals surface area (Å²) in [6.45, 7) is 2.80. The highest BCUT2D eigenvalue weighted by atomic mass is 19.1. The van der Waals surface area contributed by atoms with Crippen LogP contribution in [0.25, 0.3) is 11.5 Å². The van der Waals surface area contributed by atoms with Crippen molar-refractivity contribution in [2.45, 2.75) is 13.5 Å². The van der Waals surface area contributed by atoms with Crippen molar-refractivity contribution >= 4 is 11.8 Å². The summed E-state index contributed by atoms with van der Waals surface area (Å²) in [6, 6.07) is 13.1. The SMILES string of the molecule is Cc1nnc(-c2cccc(C(=O)N3CCN(Cc4cccc(F)c4)C(=O)C3)c2)o1. The van der Waals surface area contributed by atoms with Gasteiger partial charge in [-0.1, -0.05) is 18.2 Å². The number of hydrogen-bond acceptors (Lipinski definition) is 5. The van der Waals surface area contributed by atoms with Crippen LogP contribution in [-0.2, 0) is 11.3 Å². The fraction of sp³-hybridized carbons (Fsp3) is 0.238. The lowest BCUT2D eigenvalue weighted by Gasteiger charge is -2.34. The van der Waals surface area contributed by atoms with Crippen molar-refractivity contribution in [1.82, 2.24) is 20.0 Å². The molecule has 148 valence electrons. The normalized spacial score (nSPS) is 14.3. The van der Waals surface area contributed by atoms with Crippen molar-refractivity contribution in [3.63, 3.8) is 0 Å². The quantitative estimate of drug-likeness (QED) is 0.680. The Kier molecular flexibility index (Phi) is 5.07. The summed E-state index contributed by atoms with van der Waals surface area (Å²) in [5.74, 6) is 0.0457. The van der Waals surface area contributed by atoms with Gasteiger partial charge in [0.2, 0.25) is 17.7 Å². The van der Waals surface area contributed by atoms with Crippen LogP contribution in [0, 0.1) is 12.7 Å². The Labute approximate surface area is 166 Å². The summed E-state index contributed by atoms with van der Waals surface area (Å²) in [4.78, 5) is 28.6. The Bertz CT molecular complexity index is 1070. The van der Waals surface area contributed by atoms with E-state index >= 15 is 0 Å². The van der Waals surface area contributed by atoms with Gasteiger partial charge in [-0.3, -0.25) is 9.59 Å². The standard InChI is InChI=1S/C21H19FN4O3/c1-14-23-24-20(29-14)16-5-3-6-17(11-16)21(28)26-9-8-25(19(27)13-26)12-15-4-2-7-18(22)10-15/h2-7,10-11H,8-9,12-13H2,1H3. The van der Waals surface area contributed by atoms with E-state index in [4.69, 9.17) is 4.42 Å². The van der Waals surface area contributed by atoms with E-state index in [-0.39, 0.29) is 24.2 Å². The highest BCUT2D eigenvalue weighted by Gasteiger charge is 2.28. The molecule has 29 heavy (non-hydrogen) atoms. The van der Waals surface area contributed by atoms with Gasteiger partial charge in [-0.2, -0.15) is 0 Å². The second kappa shape index (κ2) is 7.83. The minimum atomic E-state index is -0.333. The monoisotopic (exact) mass is 394 g/mol.